The standard InChI is InChI=1S/C12H18N4O/c1-3-16(4-2)11-6-5-10(12(17)9-11)7-8-14-15-13/h5-6,9,17H,3-4,7-8H2,1-2H3. The number of nitrogens with zero attached hydrogens (tertiary/aromatic N) is 4. The topological polar surface area (TPSA) is 72.2 Å². The number of hydrogen-bond acceptors (Lipinski definition) is 3. The van der Waals surface area contributed by atoms with Gasteiger partial charge < -0.3 is 10.0 Å². The Kier molecular flexibility index (Phi) is 5.17. The number of azide groups is 1. The molecule has 0 aliphatic carbocycles. The predicted octanol–water partition coefficient (Wildman–Crippen LogP) is 3.09. The fourth-order valence-electron chi connectivity index (χ4n) is 1.76. The number of hydrogen-bond donors (Lipinski definition) is 1. The summed E-state index contributed by atoms with van der Waals surface area (Å²) in [6.07, 6.45) is 0.564. The molecule has 1 rings (SSSR count). The molecule has 0 aliphatic rings. The molecule has 0 heterocycles. The van der Waals surface area contributed by atoms with Gasteiger partial charge >= 0.3 is 0 Å². The second-order valence-corrected chi connectivity index (χ2v) is 3.69. The Balaban J connectivity index is 2.81. The first-order chi connectivity index (χ1) is 8.22. The molecule has 17 heavy (non-hydrogen) atoms. The molecule has 5 heteroatoms. The molecule has 0 saturated carbocycles. The van der Waals surface area contributed by atoms with Gasteiger partial charge in [-0.25, -0.2) is 0 Å². The Labute approximate surface area is 101 Å². The SMILES string of the molecule is CCN(CC)c1ccc(CCN=[N+]=[N-])c(O)c1. The summed E-state index contributed by atoms with van der Waals surface area (Å²) in [5.74, 6) is 0.266. The second kappa shape index (κ2) is 6.66. The number of aromatic hydroxyl groups is 1. The van der Waals surface area contributed by atoms with Crippen molar-refractivity contribution in [2.45, 2.75) is 20.3 Å². The third-order valence-electron chi connectivity index (χ3n) is 2.74. The summed E-state index contributed by atoms with van der Waals surface area (Å²) in [6.45, 7) is 6.35. The molecule has 0 amide bonds. The number of benzene rings is 1. The van der Waals surface area contributed by atoms with Gasteiger partial charge in [-0.1, -0.05) is 11.2 Å². The van der Waals surface area contributed by atoms with Gasteiger partial charge in [0.1, 0.15) is 5.75 Å². The molecular formula is C12H18N4O. The lowest BCUT2D eigenvalue weighted by atomic mass is 10.1. The minimum Gasteiger partial charge on any atom is -0.508 e. The summed E-state index contributed by atoms with van der Waals surface area (Å²) >= 11 is 0. The van der Waals surface area contributed by atoms with Gasteiger partial charge in [-0.2, -0.15) is 0 Å². The van der Waals surface area contributed by atoms with E-state index in [0.717, 1.165) is 24.3 Å². The molecule has 0 unspecified atom stereocenters. The average Bonchev–Trinajstić information content (AvgIpc) is 2.33. The van der Waals surface area contributed by atoms with Crippen LogP contribution in [0.2, 0.25) is 0 Å². The predicted molar refractivity (Wildman–Crippen MR) is 69.4 cm³/mol. The fraction of sp³-hybridized carbons (Fsp3) is 0.500. The minimum absolute atomic E-state index is 0.266. The van der Waals surface area contributed by atoms with Gasteiger partial charge in [-0.15, -0.1) is 0 Å². The highest BCUT2D eigenvalue weighted by Crippen LogP contribution is 2.25. The van der Waals surface area contributed by atoms with E-state index in [-0.39, 0.29) is 5.75 Å². The molecule has 0 bridgehead atoms. The lowest BCUT2D eigenvalue weighted by molar-refractivity contribution is 0.468. The molecule has 0 radical (unpaired) electrons. The largest absolute Gasteiger partial charge is 0.508 e. The highest BCUT2D eigenvalue weighted by molar-refractivity contribution is 5.53. The Bertz CT molecular complexity index is 409. The van der Waals surface area contributed by atoms with Crippen LogP contribution in [-0.4, -0.2) is 24.7 Å². The van der Waals surface area contributed by atoms with Crippen molar-refractivity contribution >= 4 is 5.69 Å². The van der Waals surface area contributed by atoms with E-state index in [2.05, 4.69) is 28.8 Å². The van der Waals surface area contributed by atoms with Crippen LogP contribution in [0.4, 0.5) is 5.69 Å². The number of phenolic OH excluding ortho intramolecular Hbond substituents is 1. The Hall–Kier alpha value is -1.87. The summed E-state index contributed by atoms with van der Waals surface area (Å²) < 4.78 is 0. The molecule has 0 fully saturated rings. The van der Waals surface area contributed by atoms with Gasteiger partial charge in [-0.05, 0) is 37.4 Å². The van der Waals surface area contributed by atoms with Crippen molar-refractivity contribution in [3.63, 3.8) is 0 Å². The number of rotatable bonds is 6. The average molecular weight is 234 g/mol. The Morgan fingerprint density at radius 1 is 1.35 bits per heavy atom. The van der Waals surface area contributed by atoms with Gasteiger partial charge in [0.15, 0.2) is 0 Å². The molecule has 5 nitrogen and oxygen atoms in total. The zero-order chi connectivity index (χ0) is 12.7. The Morgan fingerprint density at radius 2 is 2.06 bits per heavy atom. The van der Waals surface area contributed by atoms with Gasteiger partial charge in [0.2, 0.25) is 0 Å². The molecule has 1 aromatic carbocycles. The van der Waals surface area contributed by atoms with Crippen molar-refractivity contribution in [1.82, 2.24) is 0 Å². The molecule has 0 atom stereocenters. The fourth-order valence-corrected chi connectivity index (χ4v) is 1.76. The molecule has 92 valence electrons. The van der Waals surface area contributed by atoms with Crippen LogP contribution in [0.25, 0.3) is 10.4 Å². The molecular weight excluding hydrogens is 216 g/mol. The van der Waals surface area contributed by atoms with Crippen LogP contribution in [0, 0.1) is 0 Å². The van der Waals surface area contributed by atoms with Crippen LogP contribution >= 0.6 is 0 Å². The third-order valence-corrected chi connectivity index (χ3v) is 2.74. The van der Waals surface area contributed by atoms with E-state index in [1.165, 1.54) is 0 Å². The van der Waals surface area contributed by atoms with E-state index < -0.39 is 0 Å². The summed E-state index contributed by atoms with van der Waals surface area (Å²) in [6, 6.07) is 5.63. The van der Waals surface area contributed by atoms with Crippen molar-refractivity contribution < 1.29 is 5.11 Å². The van der Waals surface area contributed by atoms with Gasteiger partial charge in [0.05, 0.1) is 0 Å². The first-order valence-corrected chi connectivity index (χ1v) is 5.80. The summed E-state index contributed by atoms with van der Waals surface area (Å²) in [5.41, 5.74) is 10.0. The van der Waals surface area contributed by atoms with Crippen molar-refractivity contribution in [2.24, 2.45) is 5.11 Å². The van der Waals surface area contributed by atoms with E-state index >= 15 is 0 Å². The highest BCUT2D eigenvalue weighted by Gasteiger charge is 2.06. The smallest absolute Gasteiger partial charge is 0.120 e. The molecule has 0 saturated heterocycles. The van der Waals surface area contributed by atoms with E-state index in [0.29, 0.717) is 13.0 Å². The van der Waals surface area contributed by atoms with Crippen molar-refractivity contribution in [2.75, 3.05) is 24.5 Å². The monoisotopic (exact) mass is 234 g/mol. The van der Waals surface area contributed by atoms with Crippen molar-refractivity contribution in [3.05, 3.63) is 34.2 Å². The van der Waals surface area contributed by atoms with E-state index in [9.17, 15) is 5.11 Å². The quantitative estimate of drug-likeness (QED) is 0.466. The van der Waals surface area contributed by atoms with Crippen LogP contribution in [0.3, 0.4) is 0 Å². The summed E-state index contributed by atoms with van der Waals surface area (Å²) in [5, 5.41) is 13.3. The summed E-state index contributed by atoms with van der Waals surface area (Å²) in [7, 11) is 0. The molecule has 1 N–H and O–H groups in total. The van der Waals surface area contributed by atoms with Crippen LogP contribution in [0.1, 0.15) is 19.4 Å². The maximum absolute atomic E-state index is 9.87. The van der Waals surface area contributed by atoms with Crippen molar-refractivity contribution in [1.29, 1.82) is 0 Å². The normalized spacial score (nSPS) is 9.76. The number of anilines is 1. The molecule has 0 aromatic heterocycles. The van der Waals surface area contributed by atoms with Crippen LogP contribution in [0.5, 0.6) is 5.75 Å². The first-order valence-electron chi connectivity index (χ1n) is 5.80. The lowest BCUT2D eigenvalue weighted by Crippen LogP contribution is -2.21. The van der Waals surface area contributed by atoms with Crippen molar-refractivity contribution in [3.8, 4) is 5.75 Å². The molecule has 0 spiro atoms. The van der Waals surface area contributed by atoms with E-state index in [4.69, 9.17) is 5.53 Å². The van der Waals surface area contributed by atoms with Crippen LogP contribution < -0.4 is 4.90 Å². The maximum Gasteiger partial charge on any atom is 0.120 e. The zero-order valence-electron chi connectivity index (χ0n) is 10.3. The van der Waals surface area contributed by atoms with Crippen LogP contribution in [-0.2, 0) is 6.42 Å². The summed E-state index contributed by atoms with van der Waals surface area (Å²) in [4.78, 5) is 4.85. The minimum atomic E-state index is 0.266. The van der Waals surface area contributed by atoms with Crippen LogP contribution in [0.15, 0.2) is 23.3 Å². The highest BCUT2D eigenvalue weighted by atomic mass is 16.3. The third kappa shape index (κ3) is 3.57. The molecule has 0 aliphatic heterocycles. The van der Waals surface area contributed by atoms with Gasteiger partial charge in [0.25, 0.3) is 0 Å². The van der Waals surface area contributed by atoms with Gasteiger partial charge in [0, 0.05) is 36.3 Å². The second-order valence-electron chi connectivity index (χ2n) is 3.69. The lowest BCUT2D eigenvalue weighted by Gasteiger charge is -2.21. The Morgan fingerprint density at radius 3 is 2.59 bits per heavy atom. The molecule has 1 aromatic rings. The van der Waals surface area contributed by atoms with E-state index in [1.807, 2.05) is 12.1 Å². The van der Waals surface area contributed by atoms with Gasteiger partial charge in [-0.3, -0.25) is 0 Å². The van der Waals surface area contributed by atoms with E-state index in [1.54, 1.807) is 6.07 Å². The zero-order valence-corrected chi connectivity index (χ0v) is 10.3. The number of phenols is 1. The maximum atomic E-state index is 9.87. The first kappa shape index (κ1) is 13.2.